The predicted molar refractivity (Wildman–Crippen MR) is 98.4 cm³/mol. The molecule has 2 fully saturated rings. The second kappa shape index (κ2) is 7.50. The Morgan fingerprint density at radius 2 is 2.04 bits per heavy atom. The Kier molecular flexibility index (Phi) is 5.24. The Labute approximate surface area is 160 Å². The Bertz CT molecular complexity index is 821. The van der Waals surface area contributed by atoms with Gasteiger partial charge in [-0.15, -0.1) is 0 Å². The highest BCUT2D eigenvalue weighted by atomic mass is 32.2. The lowest BCUT2D eigenvalue weighted by atomic mass is 9.95. The summed E-state index contributed by atoms with van der Waals surface area (Å²) in [5.41, 5.74) is 1.90. The summed E-state index contributed by atoms with van der Waals surface area (Å²) in [6, 6.07) is 5.14. The number of rotatable bonds is 6. The van der Waals surface area contributed by atoms with Crippen LogP contribution in [-0.4, -0.2) is 51.6 Å². The summed E-state index contributed by atoms with van der Waals surface area (Å²) in [6.45, 7) is 1.35. The summed E-state index contributed by atoms with van der Waals surface area (Å²) in [5.74, 6) is 0.370. The molecule has 4 rings (SSSR count). The van der Waals surface area contributed by atoms with Crippen LogP contribution in [0.5, 0.6) is 0 Å². The molecule has 148 valence electrons. The molecule has 3 aliphatic rings. The summed E-state index contributed by atoms with van der Waals surface area (Å²) < 4.78 is 38.5. The Balaban J connectivity index is 1.40. The molecule has 1 aromatic rings. The second-order valence-electron chi connectivity index (χ2n) is 7.62. The number of sulfonamides is 1. The molecule has 0 aromatic heterocycles. The molecule has 2 unspecified atom stereocenters. The van der Waals surface area contributed by atoms with Gasteiger partial charge in [-0.3, -0.25) is 4.79 Å². The molecule has 7 nitrogen and oxygen atoms in total. The first-order chi connectivity index (χ1) is 13.0. The average Bonchev–Trinajstić information content (AvgIpc) is 3.42. The number of likely N-dealkylation sites (tertiary alicyclic amines) is 1. The molecular weight excluding hydrogens is 368 g/mol. The third-order valence-corrected chi connectivity index (χ3v) is 7.23. The number of amides is 1. The molecule has 1 saturated heterocycles. The molecule has 0 radical (unpaired) electrons. The van der Waals surface area contributed by atoms with Crippen molar-refractivity contribution < 1.29 is 22.7 Å². The van der Waals surface area contributed by atoms with Crippen molar-refractivity contribution in [2.75, 3.05) is 20.2 Å². The van der Waals surface area contributed by atoms with Gasteiger partial charge in [0, 0.05) is 19.7 Å². The second-order valence-corrected chi connectivity index (χ2v) is 9.39. The van der Waals surface area contributed by atoms with Gasteiger partial charge in [0.05, 0.1) is 30.8 Å². The molecule has 1 amide bonds. The standard InChI is InChI=1S/C19H26N2O5S/c1-25-16-6-7-21(18(9-16)13-2-3-13)19(22)10-20-27(23,24)17-5-4-14-11-26-12-15(14)8-17/h4-5,8,13,16,18,20H,2-3,6-7,9-12H2,1H3. The van der Waals surface area contributed by atoms with Gasteiger partial charge in [0.1, 0.15) is 0 Å². The molecule has 0 bridgehead atoms. The van der Waals surface area contributed by atoms with E-state index in [1.165, 1.54) is 0 Å². The maximum absolute atomic E-state index is 12.7. The molecule has 2 heterocycles. The van der Waals surface area contributed by atoms with E-state index >= 15 is 0 Å². The van der Waals surface area contributed by atoms with E-state index in [9.17, 15) is 13.2 Å². The number of hydrogen-bond acceptors (Lipinski definition) is 5. The SMILES string of the molecule is COC1CCN(C(=O)CNS(=O)(=O)c2ccc3c(c2)COC3)C(C2CC2)C1. The minimum absolute atomic E-state index is 0.158. The molecule has 1 aromatic carbocycles. The number of fused-ring (bicyclic) bond motifs is 1. The van der Waals surface area contributed by atoms with Crippen molar-refractivity contribution in [3.63, 3.8) is 0 Å². The topological polar surface area (TPSA) is 84.9 Å². The fourth-order valence-electron chi connectivity index (χ4n) is 4.07. The van der Waals surface area contributed by atoms with Gasteiger partial charge in [-0.2, -0.15) is 0 Å². The van der Waals surface area contributed by atoms with Crippen molar-refractivity contribution in [1.29, 1.82) is 0 Å². The number of hydrogen-bond donors (Lipinski definition) is 1. The van der Waals surface area contributed by atoms with E-state index in [4.69, 9.17) is 9.47 Å². The number of nitrogens with one attached hydrogen (secondary N) is 1. The summed E-state index contributed by atoms with van der Waals surface area (Å²) >= 11 is 0. The fraction of sp³-hybridized carbons (Fsp3) is 0.632. The van der Waals surface area contributed by atoms with Gasteiger partial charge in [0.25, 0.3) is 0 Å². The lowest BCUT2D eigenvalue weighted by Crippen LogP contribution is -2.51. The summed E-state index contributed by atoms with van der Waals surface area (Å²) in [7, 11) is -2.02. The monoisotopic (exact) mass is 394 g/mol. The smallest absolute Gasteiger partial charge is 0.241 e. The third kappa shape index (κ3) is 4.03. The van der Waals surface area contributed by atoms with Crippen molar-refractivity contribution in [3.05, 3.63) is 29.3 Å². The fourth-order valence-corrected chi connectivity index (χ4v) is 5.10. The Morgan fingerprint density at radius 1 is 1.26 bits per heavy atom. The average molecular weight is 394 g/mol. The van der Waals surface area contributed by atoms with Crippen molar-refractivity contribution in [3.8, 4) is 0 Å². The zero-order chi connectivity index (χ0) is 19.0. The van der Waals surface area contributed by atoms with E-state index in [1.807, 2.05) is 4.90 Å². The van der Waals surface area contributed by atoms with Gasteiger partial charge < -0.3 is 14.4 Å². The number of ether oxygens (including phenoxy) is 2. The predicted octanol–water partition coefficient (Wildman–Crippen LogP) is 1.41. The van der Waals surface area contributed by atoms with Crippen molar-refractivity contribution >= 4 is 15.9 Å². The molecular formula is C19H26N2O5S. The summed E-state index contributed by atoms with van der Waals surface area (Å²) in [5, 5.41) is 0. The zero-order valence-electron chi connectivity index (χ0n) is 15.5. The zero-order valence-corrected chi connectivity index (χ0v) is 16.3. The van der Waals surface area contributed by atoms with Crippen LogP contribution in [-0.2, 0) is 37.5 Å². The van der Waals surface area contributed by atoms with Gasteiger partial charge in [0.2, 0.25) is 15.9 Å². The first-order valence-corrected chi connectivity index (χ1v) is 11.0. The third-order valence-electron chi connectivity index (χ3n) is 5.83. The summed E-state index contributed by atoms with van der Waals surface area (Å²) in [6.07, 6.45) is 4.08. The van der Waals surface area contributed by atoms with E-state index in [0.717, 1.165) is 36.8 Å². The minimum atomic E-state index is -3.73. The van der Waals surface area contributed by atoms with Crippen molar-refractivity contribution in [2.24, 2.45) is 5.92 Å². The van der Waals surface area contributed by atoms with Gasteiger partial charge in [-0.25, -0.2) is 13.1 Å². The van der Waals surface area contributed by atoms with Crippen LogP contribution in [0.3, 0.4) is 0 Å². The van der Waals surface area contributed by atoms with Gasteiger partial charge >= 0.3 is 0 Å². The lowest BCUT2D eigenvalue weighted by molar-refractivity contribution is -0.136. The van der Waals surface area contributed by atoms with Gasteiger partial charge in [-0.1, -0.05) is 6.07 Å². The van der Waals surface area contributed by atoms with Crippen LogP contribution in [0.25, 0.3) is 0 Å². The summed E-state index contributed by atoms with van der Waals surface area (Å²) in [4.78, 5) is 14.8. The van der Waals surface area contributed by atoms with Crippen LogP contribution in [0.15, 0.2) is 23.1 Å². The van der Waals surface area contributed by atoms with Gasteiger partial charge in [0.15, 0.2) is 0 Å². The van der Waals surface area contributed by atoms with Gasteiger partial charge in [-0.05, 0) is 54.9 Å². The van der Waals surface area contributed by atoms with Crippen molar-refractivity contribution in [1.82, 2.24) is 9.62 Å². The number of carbonyl (C=O) groups is 1. The number of benzene rings is 1. The number of nitrogens with zero attached hydrogens (tertiary/aromatic N) is 1. The van der Waals surface area contributed by atoms with E-state index in [0.29, 0.717) is 25.7 Å². The van der Waals surface area contributed by atoms with E-state index < -0.39 is 10.0 Å². The molecule has 2 atom stereocenters. The lowest BCUT2D eigenvalue weighted by Gasteiger charge is -2.39. The molecule has 27 heavy (non-hydrogen) atoms. The Hall–Kier alpha value is -1.48. The largest absolute Gasteiger partial charge is 0.381 e. The maximum atomic E-state index is 12.7. The maximum Gasteiger partial charge on any atom is 0.241 e. The first kappa shape index (κ1) is 18.9. The molecule has 8 heteroatoms. The molecule has 1 saturated carbocycles. The first-order valence-electron chi connectivity index (χ1n) is 9.49. The van der Waals surface area contributed by atoms with Crippen LogP contribution in [0.1, 0.15) is 36.8 Å². The molecule has 1 aliphatic carbocycles. The molecule has 2 aliphatic heterocycles. The highest BCUT2D eigenvalue weighted by Crippen LogP contribution is 2.40. The normalized spacial score (nSPS) is 25.4. The van der Waals surface area contributed by atoms with Crippen LogP contribution < -0.4 is 4.72 Å². The van der Waals surface area contributed by atoms with E-state index in [-0.39, 0.29) is 29.5 Å². The number of methoxy groups -OCH3 is 1. The molecule has 0 spiro atoms. The van der Waals surface area contributed by atoms with E-state index in [1.54, 1.807) is 25.3 Å². The van der Waals surface area contributed by atoms with Crippen molar-refractivity contribution in [2.45, 2.75) is 55.9 Å². The van der Waals surface area contributed by atoms with Crippen LogP contribution in [0, 0.1) is 5.92 Å². The molecule has 1 N–H and O–H groups in total. The Morgan fingerprint density at radius 3 is 2.78 bits per heavy atom. The minimum Gasteiger partial charge on any atom is -0.381 e. The van der Waals surface area contributed by atoms with Crippen LogP contribution >= 0.6 is 0 Å². The van der Waals surface area contributed by atoms with Crippen LogP contribution in [0.2, 0.25) is 0 Å². The quantitative estimate of drug-likeness (QED) is 0.789. The highest BCUT2D eigenvalue weighted by molar-refractivity contribution is 7.89. The van der Waals surface area contributed by atoms with E-state index in [2.05, 4.69) is 4.72 Å². The highest BCUT2D eigenvalue weighted by Gasteiger charge is 2.41. The number of piperidine rings is 1. The number of carbonyl (C=O) groups excluding carboxylic acids is 1. The van der Waals surface area contributed by atoms with Crippen LogP contribution in [0.4, 0.5) is 0 Å².